The summed E-state index contributed by atoms with van der Waals surface area (Å²) in [5.41, 5.74) is 1.24. The number of hydrogen-bond donors (Lipinski definition) is 2. The van der Waals surface area contributed by atoms with Crippen LogP contribution >= 0.6 is 24.0 Å². The second-order valence-electron chi connectivity index (χ2n) is 7.21. The van der Waals surface area contributed by atoms with Gasteiger partial charge in [-0.15, -0.1) is 24.0 Å². The van der Waals surface area contributed by atoms with E-state index in [-0.39, 0.29) is 24.0 Å². The molecule has 2 N–H and O–H groups in total. The van der Waals surface area contributed by atoms with E-state index in [9.17, 15) is 0 Å². The number of guanidine groups is 1. The van der Waals surface area contributed by atoms with Crippen molar-refractivity contribution in [2.75, 3.05) is 46.3 Å². The Bertz CT molecular complexity index is 512. The van der Waals surface area contributed by atoms with Gasteiger partial charge in [-0.3, -0.25) is 4.90 Å². The molecule has 1 unspecified atom stereocenters. The van der Waals surface area contributed by atoms with E-state index in [2.05, 4.69) is 72.5 Å². The Hall–Kier alpha value is -0.860. The fourth-order valence-corrected chi connectivity index (χ4v) is 3.24. The van der Waals surface area contributed by atoms with Crippen molar-refractivity contribution in [3.8, 4) is 0 Å². The number of likely N-dealkylation sites (N-methyl/N-ethyl adjacent to an activating group) is 1. The van der Waals surface area contributed by atoms with Crippen LogP contribution in [0.2, 0.25) is 0 Å². The quantitative estimate of drug-likeness (QED) is 0.363. The zero-order valence-corrected chi connectivity index (χ0v) is 19.1. The fraction of sp³-hybridized carbons (Fsp3) is 0.650. The average Bonchev–Trinajstić information content (AvgIpc) is 2.62. The molecule has 1 atom stereocenters. The van der Waals surface area contributed by atoms with Crippen molar-refractivity contribution < 1.29 is 0 Å². The van der Waals surface area contributed by atoms with Crippen molar-refractivity contribution in [2.45, 2.75) is 33.4 Å². The van der Waals surface area contributed by atoms with E-state index in [0.717, 1.165) is 45.2 Å². The highest BCUT2D eigenvalue weighted by Crippen LogP contribution is 2.12. The first-order valence-electron chi connectivity index (χ1n) is 9.58. The molecule has 1 fully saturated rings. The molecule has 0 aliphatic carbocycles. The predicted octanol–water partition coefficient (Wildman–Crippen LogP) is 2.63. The molecule has 1 aromatic rings. The molecule has 26 heavy (non-hydrogen) atoms. The first-order valence-corrected chi connectivity index (χ1v) is 9.58. The van der Waals surface area contributed by atoms with E-state index in [1.54, 1.807) is 0 Å². The van der Waals surface area contributed by atoms with Crippen molar-refractivity contribution in [3.05, 3.63) is 35.9 Å². The minimum atomic E-state index is 0. The van der Waals surface area contributed by atoms with Gasteiger partial charge in [0.1, 0.15) is 0 Å². The minimum Gasteiger partial charge on any atom is -0.357 e. The van der Waals surface area contributed by atoms with Gasteiger partial charge in [0.2, 0.25) is 0 Å². The number of nitrogens with zero attached hydrogens (tertiary/aromatic N) is 3. The first-order chi connectivity index (χ1) is 12.1. The Morgan fingerprint density at radius 3 is 2.31 bits per heavy atom. The smallest absolute Gasteiger partial charge is 0.191 e. The summed E-state index contributed by atoms with van der Waals surface area (Å²) in [7, 11) is 2.21. The fourth-order valence-electron chi connectivity index (χ4n) is 3.24. The second kappa shape index (κ2) is 12.5. The Labute approximate surface area is 176 Å². The van der Waals surface area contributed by atoms with Gasteiger partial charge in [-0.1, -0.05) is 44.2 Å². The highest BCUT2D eigenvalue weighted by molar-refractivity contribution is 14.0. The third kappa shape index (κ3) is 7.80. The number of hydrogen-bond acceptors (Lipinski definition) is 3. The van der Waals surface area contributed by atoms with E-state index in [0.29, 0.717) is 18.5 Å². The van der Waals surface area contributed by atoms with Crippen LogP contribution in [0.25, 0.3) is 0 Å². The molecule has 6 heteroatoms. The summed E-state index contributed by atoms with van der Waals surface area (Å²) in [6, 6.07) is 10.9. The van der Waals surface area contributed by atoms with E-state index in [4.69, 9.17) is 4.99 Å². The van der Waals surface area contributed by atoms with Crippen molar-refractivity contribution in [1.29, 1.82) is 0 Å². The van der Waals surface area contributed by atoms with Crippen molar-refractivity contribution in [1.82, 2.24) is 20.4 Å². The van der Waals surface area contributed by atoms with Crippen LogP contribution in [0.4, 0.5) is 0 Å². The van der Waals surface area contributed by atoms with Gasteiger partial charge in [-0.05, 0) is 25.5 Å². The Balaban J connectivity index is 0.00000338. The number of piperazine rings is 1. The van der Waals surface area contributed by atoms with E-state index < -0.39 is 0 Å². The number of nitrogens with one attached hydrogen (secondary N) is 2. The highest BCUT2D eigenvalue weighted by atomic mass is 127. The molecule has 1 aliphatic heterocycles. The molecule has 0 amide bonds. The molecule has 1 heterocycles. The molecule has 1 aliphatic rings. The maximum atomic E-state index is 4.74. The molecule has 0 radical (unpaired) electrons. The van der Waals surface area contributed by atoms with Gasteiger partial charge in [-0.25, -0.2) is 4.99 Å². The van der Waals surface area contributed by atoms with Crippen molar-refractivity contribution in [2.24, 2.45) is 10.9 Å². The van der Waals surface area contributed by atoms with Crippen LogP contribution in [0.3, 0.4) is 0 Å². The molecule has 1 saturated heterocycles. The van der Waals surface area contributed by atoms with Gasteiger partial charge in [0.15, 0.2) is 5.96 Å². The Kier molecular flexibility index (Phi) is 11.2. The van der Waals surface area contributed by atoms with Crippen molar-refractivity contribution >= 4 is 29.9 Å². The number of aliphatic imine (C=N–C) groups is 1. The normalized spacial score (nSPS) is 17.7. The van der Waals surface area contributed by atoms with Crippen molar-refractivity contribution in [3.63, 3.8) is 0 Å². The second-order valence-corrected chi connectivity index (χ2v) is 7.21. The summed E-state index contributed by atoms with van der Waals surface area (Å²) in [5, 5.41) is 6.93. The van der Waals surface area contributed by atoms with Crippen LogP contribution < -0.4 is 10.6 Å². The molecule has 148 valence electrons. The average molecular weight is 473 g/mol. The van der Waals surface area contributed by atoms with Gasteiger partial charge in [0, 0.05) is 45.3 Å². The first kappa shape index (κ1) is 23.2. The molecule has 2 rings (SSSR count). The summed E-state index contributed by atoms with van der Waals surface area (Å²) in [4.78, 5) is 9.77. The Morgan fingerprint density at radius 2 is 1.73 bits per heavy atom. The number of benzene rings is 1. The van der Waals surface area contributed by atoms with Crippen LogP contribution in [-0.4, -0.2) is 68.1 Å². The predicted molar refractivity (Wildman–Crippen MR) is 122 cm³/mol. The van der Waals surface area contributed by atoms with E-state index in [1.807, 2.05) is 6.07 Å². The van der Waals surface area contributed by atoms with Gasteiger partial charge in [-0.2, -0.15) is 0 Å². The van der Waals surface area contributed by atoms with Crippen LogP contribution in [0, 0.1) is 5.92 Å². The Morgan fingerprint density at radius 1 is 1.08 bits per heavy atom. The molecule has 0 saturated carbocycles. The lowest BCUT2D eigenvalue weighted by atomic mass is 10.0. The summed E-state index contributed by atoms with van der Waals surface area (Å²) >= 11 is 0. The molecule has 0 spiro atoms. The summed E-state index contributed by atoms with van der Waals surface area (Å²) < 4.78 is 0. The monoisotopic (exact) mass is 473 g/mol. The lowest BCUT2D eigenvalue weighted by Crippen LogP contribution is -2.55. The maximum absolute atomic E-state index is 4.74. The largest absolute Gasteiger partial charge is 0.357 e. The molecular formula is C20H36IN5. The van der Waals surface area contributed by atoms with E-state index in [1.165, 1.54) is 5.56 Å². The highest BCUT2D eigenvalue weighted by Gasteiger charge is 2.24. The summed E-state index contributed by atoms with van der Waals surface area (Å²) in [6.45, 7) is 13.9. The van der Waals surface area contributed by atoms with Crippen LogP contribution in [0.1, 0.15) is 26.3 Å². The minimum absolute atomic E-state index is 0. The third-order valence-corrected chi connectivity index (χ3v) is 4.86. The topological polar surface area (TPSA) is 42.9 Å². The molecule has 0 bridgehead atoms. The molecular weight excluding hydrogens is 437 g/mol. The summed E-state index contributed by atoms with van der Waals surface area (Å²) in [5.74, 6) is 1.53. The lowest BCUT2D eigenvalue weighted by molar-refractivity contribution is 0.0900. The van der Waals surface area contributed by atoms with E-state index >= 15 is 0 Å². The van der Waals surface area contributed by atoms with Crippen LogP contribution in [0.15, 0.2) is 35.3 Å². The number of rotatable bonds is 7. The van der Waals surface area contributed by atoms with Crippen LogP contribution in [0.5, 0.6) is 0 Å². The lowest BCUT2D eigenvalue weighted by Gasteiger charge is -2.40. The summed E-state index contributed by atoms with van der Waals surface area (Å²) in [6.07, 6.45) is 0. The van der Waals surface area contributed by atoms with Gasteiger partial charge in [0.05, 0.1) is 6.54 Å². The zero-order chi connectivity index (χ0) is 18.1. The zero-order valence-electron chi connectivity index (χ0n) is 16.7. The van der Waals surface area contributed by atoms with Crippen LogP contribution in [-0.2, 0) is 6.54 Å². The third-order valence-electron chi connectivity index (χ3n) is 4.86. The van der Waals surface area contributed by atoms with Gasteiger partial charge < -0.3 is 15.5 Å². The van der Waals surface area contributed by atoms with Gasteiger partial charge >= 0.3 is 0 Å². The standard InChI is InChI=1S/C20H35N5.HI/c1-5-21-20(22-15-18-9-7-6-8-10-18)23-16-19(17(2)3)25-13-11-24(4)12-14-25;/h6-10,17,19H,5,11-16H2,1-4H3,(H2,21,22,23);1H. The molecule has 5 nitrogen and oxygen atoms in total. The molecule has 0 aromatic heterocycles. The SMILES string of the molecule is CCNC(=NCc1ccccc1)NCC(C(C)C)N1CCN(C)CC1.I. The maximum Gasteiger partial charge on any atom is 0.191 e. The van der Waals surface area contributed by atoms with Gasteiger partial charge in [0.25, 0.3) is 0 Å². The number of halogens is 1. The molecule has 1 aromatic carbocycles.